The second-order valence-electron chi connectivity index (χ2n) is 6.21. The fraction of sp³-hybridized carbons (Fsp3) is 0.263. The summed E-state index contributed by atoms with van der Waals surface area (Å²) in [5.41, 5.74) is 2.41. The summed E-state index contributed by atoms with van der Waals surface area (Å²) in [5, 5.41) is 6.61. The highest BCUT2D eigenvalue weighted by Gasteiger charge is 2.13. The Hall–Kier alpha value is -1.66. The highest BCUT2D eigenvalue weighted by molar-refractivity contribution is 7.80. The lowest BCUT2D eigenvalue weighted by molar-refractivity contribution is 0.0978. The summed E-state index contributed by atoms with van der Waals surface area (Å²) in [7, 11) is 0. The van der Waals surface area contributed by atoms with Gasteiger partial charge in [-0.15, -0.1) is 0 Å². The molecule has 0 spiro atoms. The molecule has 0 radical (unpaired) electrons. The normalized spacial score (nSPS) is 14.2. The van der Waals surface area contributed by atoms with E-state index < -0.39 is 0 Å². The van der Waals surface area contributed by atoms with Gasteiger partial charge in [-0.1, -0.05) is 35.3 Å². The van der Waals surface area contributed by atoms with Crippen LogP contribution in [0.15, 0.2) is 42.5 Å². The van der Waals surface area contributed by atoms with E-state index in [9.17, 15) is 4.79 Å². The van der Waals surface area contributed by atoms with Gasteiger partial charge in [0.25, 0.3) is 5.91 Å². The summed E-state index contributed by atoms with van der Waals surface area (Å²) in [6.45, 7) is 3.31. The van der Waals surface area contributed by atoms with Crippen LogP contribution in [0.1, 0.15) is 28.8 Å². The molecule has 136 valence electrons. The van der Waals surface area contributed by atoms with Gasteiger partial charge in [0.15, 0.2) is 5.11 Å². The maximum Gasteiger partial charge on any atom is 0.258 e. The minimum Gasteiger partial charge on any atom is -0.332 e. The Bertz CT molecular complexity index is 805. The number of thiocarbonyl (C=S) groups is 1. The first-order valence-electron chi connectivity index (χ1n) is 8.40. The zero-order chi connectivity index (χ0) is 18.5. The molecule has 4 nitrogen and oxygen atoms in total. The Labute approximate surface area is 168 Å². The monoisotopic (exact) mass is 407 g/mol. The summed E-state index contributed by atoms with van der Waals surface area (Å²) in [4.78, 5) is 14.7. The van der Waals surface area contributed by atoms with Crippen molar-refractivity contribution in [2.45, 2.75) is 19.4 Å². The average molecular weight is 408 g/mol. The van der Waals surface area contributed by atoms with Crippen LogP contribution in [0.3, 0.4) is 0 Å². The molecule has 1 aliphatic heterocycles. The predicted molar refractivity (Wildman–Crippen MR) is 111 cm³/mol. The van der Waals surface area contributed by atoms with Gasteiger partial charge in [0.2, 0.25) is 0 Å². The van der Waals surface area contributed by atoms with E-state index in [4.69, 9.17) is 35.4 Å². The number of hydrogen-bond acceptors (Lipinski definition) is 3. The number of nitrogens with one attached hydrogen (secondary N) is 2. The molecule has 0 aromatic heterocycles. The molecule has 1 saturated heterocycles. The van der Waals surface area contributed by atoms with Crippen molar-refractivity contribution in [3.05, 3.63) is 63.6 Å². The van der Waals surface area contributed by atoms with E-state index in [1.54, 1.807) is 12.1 Å². The van der Waals surface area contributed by atoms with Crippen LogP contribution in [0.2, 0.25) is 10.0 Å². The van der Waals surface area contributed by atoms with E-state index in [0.29, 0.717) is 10.6 Å². The van der Waals surface area contributed by atoms with E-state index in [1.165, 1.54) is 37.6 Å². The van der Waals surface area contributed by atoms with Crippen molar-refractivity contribution in [3.63, 3.8) is 0 Å². The molecule has 1 heterocycles. The third-order valence-electron chi connectivity index (χ3n) is 4.22. The van der Waals surface area contributed by atoms with E-state index in [2.05, 4.69) is 27.7 Å². The maximum absolute atomic E-state index is 12.3. The van der Waals surface area contributed by atoms with Gasteiger partial charge in [-0.3, -0.25) is 15.0 Å². The van der Waals surface area contributed by atoms with Gasteiger partial charge in [0.1, 0.15) is 0 Å². The number of halogens is 2. The molecular formula is C19H19Cl2N3OS. The predicted octanol–water partition coefficient (Wildman–Crippen LogP) is 4.72. The molecule has 3 rings (SSSR count). The Morgan fingerprint density at radius 1 is 1.08 bits per heavy atom. The third-order valence-corrected chi connectivity index (χ3v) is 4.97. The minimum absolute atomic E-state index is 0.216. The van der Waals surface area contributed by atoms with Gasteiger partial charge in [-0.2, -0.15) is 0 Å². The lowest BCUT2D eigenvalue weighted by Gasteiger charge is -2.15. The Morgan fingerprint density at radius 3 is 2.42 bits per heavy atom. The molecule has 1 fully saturated rings. The molecule has 0 saturated carbocycles. The van der Waals surface area contributed by atoms with E-state index >= 15 is 0 Å². The van der Waals surface area contributed by atoms with Crippen molar-refractivity contribution >= 4 is 52.1 Å². The molecule has 0 bridgehead atoms. The largest absolute Gasteiger partial charge is 0.332 e. The molecule has 0 aliphatic carbocycles. The summed E-state index contributed by atoms with van der Waals surface area (Å²) in [6.07, 6.45) is 2.57. The number of nitrogens with zero attached hydrogens (tertiary/aromatic N) is 1. The van der Waals surface area contributed by atoms with Crippen molar-refractivity contribution in [3.8, 4) is 0 Å². The number of anilines is 1. The summed E-state index contributed by atoms with van der Waals surface area (Å²) in [6, 6.07) is 12.8. The van der Waals surface area contributed by atoms with Crippen molar-refractivity contribution in [1.82, 2.24) is 10.2 Å². The molecule has 0 atom stereocenters. The van der Waals surface area contributed by atoms with Crippen LogP contribution in [0, 0.1) is 0 Å². The molecule has 2 N–H and O–H groups in total. The van der Waals surface area contributed by atoms with Crippen molar-refractivity contribution in [2.75, 3.05) is 18.4 Å². The molecule has 1 amide bonds. The van der Waals surface area contributed by atoms with Crippen LogP contribution in [0.4, 0.5) is 5.69 Å². The Morgan fingerprint density at radius 2 is 1.77 bits per heavy atom. The van der Waals surface area contributed by atoms with Gasteiger partial charge in [0, 0.05) is 17.3 Å². The minimum atomic E-state index is -0.380. The number of carbonyl (C=O) groups is 1. The van der Waals surface area contributed by atoms with Crippen LogP contribution < -0.4 is 10.6 Å². The number of carbonyl (C=O) groups excluding carboxylic acids is 1. The van der Waals surface area contributed by atoms with Crippen LogP contribution in [-0.2, 0) is 6.54 Å². The summed E-state index contributed by atoms with van der Waals surface area (Å²) in [5.74, 6) is -0.380. The summed E-state index contributed by atoms with van der Waals surface area (Å²) < 4.78 is 0. The average Bonchev–Trinajstić information content (AvgIpc) is 3.09. The number of amides is 1. The molecule has 0 unspecified atom stereocenters. The first-order valence-corrected chi connectivity index (χ1v) is 9.56. The smallest absolute Gasteiger partial charge is 0.258 e. The van der Waals surface area contributed by atoms with Crippen molar-refractivity contribution in [1.29, 1.82) is 0 Å². The Balaban J connectivity index is 1.54. The van der Waals surface area contributed by atoms with Gasteiger partial charge in [-0.05, 0) is 74.0 Å². The van der Waals surface area contributed by atoms with Crippen LogP contribution in [-0.4, -0.2) is 29.0 Å². The second kappa shape index (κ2) is 8.82. The van der Waals surface area contributed by atoms with Gasteiger partial charge < -0.3 is 5.32 Å². The first-order chi connectivity index (χ1) is 12.5. The van der Waals surface area contributed by atoms with Crippen LogP contribution in [0.25, 0.3) is 0 Å². The zero-order valence-corrected chi connectivity index (χ0v) is 16.4. The standard InChI is InChI=1S/C19H19Cl2N3OS/c20-14-5-8-16(17(21)11-14)18(25)23-19(26)22-15-6-3-13(4-7-15)12-24-9-1-2-10-24/h3-8,11H,1-2,9-10,12H2,(H2,22,23,25,26). The van der Waals surface area contributed by atoms with Gasteiger partial charge >= 0.3 is 0 Å². The van der Waals surface area contributed by atoms with E-state index in [1.807, 2.05) is 12.1 Å². The molecule has 2 aromatic rings. The third kappa shape index (κ3) is 5.17. The lowest BCUT2D eigenvalue weighted by atomic mass is 10.2. The first kappa shape index (κ1) is 19.1. The van der Waals surface area contributed by atoms with Gasteiger partial charge in [0.05, 0.1) is 10.6 Å². The van der Waals surface area contributed by atoms with Crippen LogP contribution >= 0.6 is 35.4 Å². The van der Waals surface area contributed by atoms with Crippen molar-refractivity contribution < 1.29 is 4.79 Å². The van der Waals surface area contributed by atoms with E-state index in [-0.39, 0.29) is 16.0 Å². The lowest BCUT2D eigenvalue weighted by Crippen LogP contribution is -2.34. The number of rotatable bonds is 4. The molecular weight excluding hydrogens is 389 g/mol. The van der Waals surface area contributed by atoms with Crippen LogP contribution in [0.5, 0.6) is 0 Å². The number of benzene rings is 2. The molecule has 7 heteroatoms. The molecule has 26 heavy (non-hydrogen) atoms. The second-order valence-corrected chi connectivity index (χ2v) is 7.46. The fourth-order valence-electron chi connectivity index (χ4n) is 2.90. The highest BCUT2D eigenvalue weighted by Crippen LogP contribution is 2.21. The van der Waals surface area contributed by atoms with Gasteiger partial charge in [-0.25, -0.2) is 0 Å². The quantitative estimate of drug-likeness (QED) is 0.719. The zero-order valence-electron chi connectivity index (χ0n) is 14.1. The van der Waals surface area contributed by atoms with E-state index in [0.717, 1.165) is 12.2 Å². The number of hydrogen-bond donors (Lipinski definition) is 2. The molecule has 2 aromatic carbocycles. The fourth-order valence-corrected chi connectivity index (χ4v) is 3.60. The maximum atomic E-state index is 12.3. The Kier molecular flexibility index (Phi) is 6.48. The van der Waals surface area contributed by atoms with Crippen molar-refractivity contribution in [2.24, 2.45) is 0 Å². The SMILES string of the molecule is O=C(NC(=S)Nc1ccc(CN2CCCC2)cc1)c1ccc(Cl)cc1Cl. The molecule has 1 aliphatic rings. The highest BCUT2D eigenvalue weighted by atomic mass is 35.5. The number of likely N-dealkylation sites (tertiary alicyclic amines) is 1. The summed E-state index contributed by atoms with van der Waals surface area (Å²) >= 11 is 17.1. The topological polar surface area (TPSA) is 44.4 Å².